The zero-order valence-corrected chi connectivity index (χ0v) is 17.6. The van der Waals surface area contributed by atoms with E-state index in [0.29, 0.717) is 0 Å². The van der Waals surface area contributed by atoms with Gasteiger partial charge in [0.1, 0.15) is 0 Å². The van der Waals surface area contributed by atoms with Gasteiger partial charge in [-0.1, -0.05) is 45.8 Å². The highest BCUT2D eigenvalue weighted by atomic mass is 19.1. The summed E-state index contributed by atoms with van der Waals surface area (Å²) in [6, 6.07) is 0. The Kier molecular flexibility index (Phi) is 12.6. The van der Waals surface area contributed by atoms with Gasteiger partial charge in [-0.05, 0) is 101 Å². The molecule has 148 valence electrons. The third kappa shape index (κ3) is 7.83. The van der Waals surface area contributed by atoms with E-state index in [1.54, 1.807) is 0 Å². The Morgan fingerprint density at radius 1 is 0.880 bits per heavy atom. The van der Waals surface area contributed by atoms with Crippen LogP contribution in [-0.4, -0.2) is 6.67 Å². The molecule has 0 aromatic heterocycles. The summed E-state index contributed by atoms with van der Waals surface area (Å²) in [6.07, 6.45) is 20.7. The molecule has 0 radical (unpaired) electrons. The molecule has 1 atom stereocenters. The summed E-state index contributed by atoms with van der Waals surface area (Å²) in [5, 5.41) is 0. The lowest BCUT2D eigenvalue weighted by molar-refractivity contribution is 0.123. The van der Waals surface area contributed by atoms with Crippen molar-refractivity contribution in [2.24, 2.45) is 29.6 Å². The van der Waals surface area contributed by atoms with E-state index >= 15 is 0 Å². The minimum atomic E-state index is -0.120. The van der Waals surface area contributed by atoms with E-state index in [1.807, 2.05) is 13.8 Å². The van der Waals surface area contributed by atoms with Crippen LogP contribution >= 0.6 is 0 Å². The molecule has 0 spiro atoms. The van der Waals surface area contributed by atoms with Crippen molar-refractivity contribution in [1.82, 2.24) is 0 Å². The summed E-state index contributed by atoms with van der Waals surface area (Å²) in [5.74, 6) is 4.58. The van der Waals surface area contributed by atoms with Crippen molar-refractivity contribution in [2.75, 3.05) is 6.67 Å². The van der Waals surface area contributed by atoms with Gasteiger partial charge in [-0.15, -0.1) is 0 Å². The first-order valence-corrected chi connectivity index (χ1v) is 11.5. The van der Waals surface area contributed by atoms with Crippen molar-refractivity contribution in [1.29, 1.82) is 0 Å². The van der Waals surface area contributed by atoms with Crippen molar-refractivity contribution in [3.8, 4) is 0 Å². The Hall–Kier alpha value is -0.330. The highest BCUT2D eigenvalue weighted by Gasteiger charge is 2.32. The zero-order chi connectivity index (χ0) is 18.5. The van der Waals surface area contributed by atoms with Gasteiger partial charge < -0.3 is 0 Å². The topological polar surface area (TPSA) is 0 Å². The molecule has 2 fully saturated rings. The van der Waals surface area contributed by atoms with Crippen LogP contribution in [0.1, 0.15) is 105 Å². The number of alkyl halides is 1. The molecule has 0 aromatic rings. The minimum Gasteiger partial charge on any atom is -0.251 e. The molecule has 0 N–H and O–H groups in total. The lowest BCUT2D eigenvalue weighted by Crippen LogP contribution is -2.28. The minimum absolute atomic E-state index is 0.120. The van der Waals surface area contributed by atoms with Gasteiger partial charge in [0.25, 0.3) is 0 Å². The maximum absolute atomic E-state index is 12.5. The van der Waals surface area contributed by atoms with Crippen LogP contribution in [0.3, 0.4) is 0 Å². The molecule has 2 rings (SSSR count). The van der Waals surface area contributed by atoms with Crippen molar-refractivity contribution < 1.29 is 4.39 Å². The molecule has 0 saturated heterocycles. The van der Waals surface area contributed by atoms with Gasteiger partial charge in [0.05, 0.1) is 6.67 Å². The first kappa shape index (κ1) is 22.7. The number of allylic oxidation sites excluding steroid dienone is 2. The third-order valence-electron chi connectivity index (χ3n) is 6.80. The van der Waals surface area contributed by atoms with Crippen molar-refractivity contribution in [3.05, 3.63) is 12.2 Å². The molecule has 0 aromatic carbocycles. The van der Waals surface area contributed by atoms with Gasteiger partial charge in [-0.25, -0.2) is 0 Å². The Morgan fingerprint density at radius 2 is 1.44 bits per heavy atom. The first-order valence-electron chi connectivity index (χ1n) is 11.5. The summed E-state index contributed by atoms with van der Waals surface area (Å²) >= 11 is 0. The molecule has 0 aliphatic heterocycles. The second-order valence-corrected chi connectivity index (χ2v) is 8.26. The summed E-state index contributed by atoms with van der Waals surface area (Å²) in [7, 11) is 0. The van der Waals surface area contributed by atoms with Crippen LogP contribution in [0, 0.1) is 29.6 Å². The highest BCUT2D eigenvalue weighted by Crippen LogP contribution is 2.44. The van der Waals surface area contributed by atoms with Gasteiger partial charge in [0.2, 0.25) is 0 Å². The van der Waals surface area contributed by atoms with Crippen LogP contribution in [0.15, 0.2) is 12.2 Å². The predicted octanol–water partition coefficient (Wildman–Crippen LogP) is 8.37. The van der Waals surface area contributed by atoms with Gasteiger partial charge in [0.15, 0.2) is 0 Å². The fourth-order valence-corrected chi connectivity index (χ4v) is 5.49. The molecule has 1 heteroatoms. The van der Waals surface area contributed by atoms with E-state index < -0.39 is 0 Å². The molecular weight excluding hydrogens is 307 g/mol. The molecule has 0 bridgehead atoms. The van der Waals surface area contributed by atoms with E-state index in [9.17, 15) is 4.39 Å². The van der Waals surface area contributed by atoms with Gasteiger partial charge in [0, 0.05) is 0 Å². The van der Waals surface area contributed by atoms with Crippen LogP contribution in [-0.2, 0) is 0 Å². The second kappa shape index (κ2) is 13.8. The fraction of sp³-hybridized carbons (Fsp3) is 0.917. The quantitative estimate of drug-likeness (QED) is 0.385. The van der Waals surface area contributed by atoms with Crippen molar-refractivity contribution in [2.45, 2.75) is 105 Å². The average molecular weight is 353 g/mol. The smallest absolute Gasteiger partial charge is 0.0894 e. The molecule has 25 heavy (non-hydrogen) atoms. The molecule has 2 aliphatic carbocycles. The van der Waals surface area contributed by atoms with Crippen molar-refractivity contribution in [3.63, 3.8) is 0 Å². The van der Waals surface area contributed by atoms with Gasteiger partial charge in [-0.3, -0.25) is 4.39 Å². The Labute approximate surface area is 158 Å². The van der Waals surface area contributed by atoms with Crippen LogP contribution in [0.25, 0.3) is 0 Å². The largest absolute Gasteiger partial charge is 0.251 e. The summed E-state index contributed by atoms with van der Waals surface area (Å²) in [4.78, 5) is 0. The zero-order valence-electron chi connectivity index (χ0n) is 17.6. The summed E-state index contributed by atoms with van der Waals surface area (Å²) < 4.78 is 12.5. The second-order valence-electron chi connectivity index (χ2n) is 8.26. The van der Waals surface area contributed by atoms with E-state index in [4.69, 9.17) is 0 Å². The molecular formula is C24H45F. The van der Waals surface area contributed by atoms with Crippen LogP contribution < -0.4 is 0 Å². The monoisotopic (exact) mass is 352 g/mol. The van der Waals surface area contributed by atoms with Gasteiger partial charge in [-0.2, -0.15) is 0 Å². The summed E-state index contributed by atoms with van der Waals surface area (Å²) in [6.45, 7) is 8.32. The van der Waals surface area contributed by atoms with E-state index in [0.717, 1.165) is 42.4 Å². The highest BCUT2D eigenvalue weighted by molar-refractivity contribution is 4.91. The number of halogens is 1. The normalized spacial score (nSPS) is 31.4. The fourth-order valence-electron chi connectivity index (χ4n) is 5.49. The number of hydrogen-bond acceptors (Lipinski definition) is 0. The molecule has 1 unspecified atom stereocenters. The molecule has 2 saturated carbocycles. The average Bonchev–Trinajstić information content (AvgIpc) is 2.68. The lowest BCUT2D eigenvalue weighted by Gasteiger charge is -2.39. The van der Waals surface area contributed by atoms with Crippen LogP contribution in [0.2, 0.25) is 0 Å². The molecule has 2 aliphatic rings. The van der Waals surface area contributed by atoms with E-state index in [-0.39, 0.29) is 6.67 Å². The molecule has 0 amide bonds. The Morgan fingerprint density at radius 3 is 1.92 bits per heavy atom. The standard InChI is InChI=1S/C22H39F.C2H6/c1-3-6-18-9-11-20(12-10-18)22-15-13-21(14-16-22)19(7-4-2)8-5-17-23;1-2/h3,6,18-22H,4-5,7-17H2,1-2H3;1-2H3/b6-3+;. The Balaban J connectivity index is 0.00000151. The van der Waals surface area contributed by atoms with Gasteiger partial charge >= 0.3 is 0 Å². The lowest BCUT2D eigenvalue weighted by atomic mass is 9.66. The SMILES string of the molecule is C/C=C/C1CCC(C2CCC(C(CCC)CCCF)CC2)CC1.CC. The van der Waals surface area contributed by atoms with Crippen LogP contribution in [0.4, 0.5) is 4.39 Å². The molecule has 0 heterocycles. The third-order valence-corrected chi connectivity index (χ3v) is 6.80. The molecule has 0 nitrogen and oxygen atoms in total. The predicted molar refractivity (Wildman–Crippen MR) is 111 cm³/mol. The first-order chi connectivity index (χ1) is 12.3. The van der Waals surface area contributed by atoms with Crippen LogP contribution in [0.5, 0.6) is 0 Å². The number of rotatable bonds is 8. The summed E-state index contributed by atoms with van der Waals surface area (Å²) in [5.41, 5.74) is 0. The maximum Gasteiger partial charge on any atom is 0.0894 e. The van der Waals surface area contributed by atoms with E-state index in [2.05, 4.69) is 26.0 Å². The number of hydrogen-bond donors (Lipinski definition) is 0. The van der Waals surface area contributed by atoms with E-state index in [1.165, 1.54) is 64.2 Å². The Bertz CT molecular complexity index is 319. The maximum atomic E-state index is 12.5. The van der Waals surface area contributed by atoms with Crippen molar-refractivity contribution >= 4 is 0 Å².